The van der Waals surface area contributed by atoms with Crippen molar-refractivity contribution in [1.82, 2.24) is 5.43 Å². The van der Waals surface area contributed by atoms with E-state index in [0.717, 1.165) is 11.3 Å². The van der Waals surface area contributed by atoms with Crippen molar-refractivity contribution in [3.8, 4) is 5.75 Å². The SMILES string of the molecule is CC(C)COc1ccc(/C=N/NC(=O)c2ccccc2)cc1. The molecular formula is C18H20N2O2. The van der Waals surface area contributed by atoms with Gasteiger partial charge in [-0.1, -0.05) is 32.0 Å². The summed E-state index contributed by atoms with van der Waals surface area (Å²) in [6, 6.07) is 16.6. The van der Waals surface area contributed by atoms with Crippen molar-refractivity contribution in [2.24, 2.45) is 11.0 Å². The first-order valence-corrected chi connectivity index (χ1v) is 7.26. The van der Waals surface area contributed by atoms with Crippen LogP contribution in [-0.4, -0.2) is 18.7 Å². The fraction of sp³-hybridized carbons (Fsp3) is 0.222. The molecule has 0 saturated heterocycles. The summed E-state index contributed by atoms with van der Waals surface area (Å²) >= 11 is 0. The molecule has 0 radical (unpaired) electrons. The molecule has 4 heteroatoms. The number of carbonyl (C=O) groups excluding carboxylic acids is 1. The smallest absolute Gasteiger partial charge is 0.271 e. The van der Waals surface area contributed by atoms with Crippen molar-refractivity contribution in [2.45, 2.75) is 13.8 Å². The molecule has 1 amide bonds. The van der Waals surface area contributed by atoms with Gasteiger partial charge in [0.05, 0.1) is 12.8 Å². The van der Waals surface area contributed by atoms with Crippen molar-refractivity contribution in [1.29, 1.82) is 0 Å². The molecule has 2 aromatic rings. The van der Waals surface area contributed by atoms with E-state index in [2.05, 4.69) is 24.4 Å². The maximum absolute atomic E-state index is 11.8. The van der Waals surface area contributed by atoms with Gasteiger partial charge in [0.25, 0.3) is 5.91 Å². The van der Waals surface area contributed by atoms with E-state index in [1.807, 2.05) is 42.5 Å². The number of nitrogens with one attached hydrogen (secondary N) is 1. The molecule has 0 aliphatic heterocycles. The van der Waals surface area contributed by atoms with Crippen molar-refractivity contribution in [2.75, 3.05) is 6.61 Å². The molecule has 0 aromatic heterocycles. The van der Waals surface area contributed by atoms with E-state index in [0.29, 0.717) is 18.1 Å². The Labute approximate surface area is 130 Å². The van der Waals surface area contributed by atoms with Crippen LogP contribution in [-0.2, 0) is 0 Å². The zero-order chi connectivity index (χ0) is 15.8. The minimum Gasteiger partial charge on any atom is -0.493 e. The van der Waals surface area contributed by atoms with Crippen LogP contribution in [0, 0.1) is 5.92 Å². The van der Waals surface area contributed by atoms with Crippen LogP contribution in [0.1, 0.15) is 29.8 Å². The van der Waals surface area contributed by atoms with E-state index in [9.17, 15) is 4.79 Å². The molecule has 0 saturated carbocycles. The van der Waals surface area contributed by atoms with Gasteiger partial charge in [0, 0.05) is 5.56 Å². The Morgan fingerprint density at radius 2 is 1.82 bits per heavy atom. The van der Waals surface area contributed by atoms with Crippen molar-refractivity contribution < 1.29 is 9.53 Å². The summed E-state index contributed by atoms with van der Waals surface area (Å²) in [5.41, 5.74) is 3.98. The molecule has 0 atom stereocenters. The molecule has 4 nitrogen and oxygen atoms in total. The second-order valence-corrected chi connectivity index (χ2v) is 5.34. The number of hydrogen-bond acceptors (Lipinski definition) is 3. The van der Waals surface area contributed by atoms with Crippen LogP contribution in [0.15, 0.2) is 59.7 Å². The first kappa shape index (κ1) is 15.8. The molecular weight excluding hydrogens is 276 g/mol. The molecule has 2 rings (SSSR count). The van der Waals surface area contributed by atoms with Crippen LogP contribution in [0.25, 0.3) is 0 Å². The molecule has 114 valence electrons. The predicted octanol–water partition coefficient (Wildman–Crippen LogP) is 3.49. The highest BCUT2D eigenvalue weighted by Gasteiger charge is 2.01. The van der Waals surface area contributed by atoms with Crippen molar-refractivity contribution >= 4 is 12.1 Å². The molecule has 0 bridgehead atoms. The fourth-order valence-electron chi connectivity index (χ4n) is 1.73. The normalized spacial score (nSPS) is 10.9. The number of amides is 1. The summed E-state index contributed by atoms with van der Waals surface area (Å²) in [6.07, 6.45) is 1.60. The molecule has 0 fully saturated rings. The van der Waals surface area contributed by atoms with E-state index < -0.39 is 0 Å². The van der Waals surface area contributed by atoms with Crippen molar-refractivity contribution in [3.05, 3.63) is 65.7 Å². The lowest BCUT2D eigenvalue weighted by molar-refractivity contribution is 0.0955. The third kappa shape index (κ3) is 5.05. The number of hydrogen-bond donors (Lipinski definition) is 1. The number of carbonyl (C=O) groups is 1. The third-order valence-corrected chi connectivity index (χ3v) is 2.88. The van der Waals surface area contributed by atoms with E-state index in [-0.39, 0.29) is 5.91 Å². The highest BCUT2D eigenvalue weighted by atomic mass is 16.5. The molecule has 0 unspecified atom stereocenters. The molecule has 0 spiro atoms. The van der Waals surface area contributed by atoms with Gasteiger partial charge in [-0.05, 0) is 47.9 Å². The third-order valence-electron chi connectivity index (χ3n) is 2.88. The number of hydrazone groups is 1. The van der Waals surface area contributed by atoms with Gasteiger partial charge in [-0.15, -0.1) is 0 Å². The van der Waals surface area contributed by atoms with Crippen LogP contribution in [0.3, 0.4) is 0 Å². The van der Waals surface area contributed by atoms with E-state index >= 15 is 0 Å². The minimum absolute atomic E-state index is 0.228. The molecule has 0 aliphatic rings. The average molecular weight is 296 g/mol. The summed E-state index contributed by atoms with van der Waals surface area (Å²) in [6.45, 7) is 4.91. The summed E-state index contributed by atoms with van der Waals surface area (Å²) in [5, 5.41) is 3.96. The van der Waals surface area contributed by atoms with Crippen LogP contribution >= 0.6 is 0 Å². The number of benzene rings is 2. The van der Waals surface area contributed by atoms with Gasteiger partial charge in [0.15, 0.2) is 0 Å². The quantitative estimate of drug-likeness (QED) is 0.655. The Kier molecular flexibility index (Phi) is 5.72. The Bertz CT molecular complexity index is 619. The summed E-state index contributed by atoms with van der Waals surface area (Å²) in [4.78, 5) is 11.8. The zero-order valence-electron chi connectivity index (χ0n) is 12.8. The predicted molar refractivity (Wildman–Crippen MR) is 88.3 cm³/mol. The molecule has 22 heavy (non-hydrogen) atoms. The molecule has 0 aliphatic carbocycles. The average Bonchev–Trinajstić information content (AvgIpc) is 2.55. The zero-order valence-corrected chi connectivity index (χ0v) is 12.8. The molecule has 0 heterocycles. The van der Waals surface area contributed by atoms with Crippen LogP contribution in [0.2, 0.25) is 0 Å². The van der Waals surface area contributed by atoms with Gasteiger partial charge in [0.2, 0.25) is 0 Å². The lowest BCUT2D eigenvalue weighted by Crippen LogP contribution is -2.17. The van der Waals surface area contributed by atoms with Crippen LogP contribution < -0.4 is 10.2 Å². The molecule has 2 aromatic carbocycles. The van der Waals surface area contributed by atoms with Crippen LogP contribution in [0.4, 0.5) is 0 Å². The Morgan fingerprint density at radius 1 is 1.14 bits per heavy atom. The van der Waals surface area contributed by atoms with Crippen LogP contribution in [0.5, 0.6) is 5.75 Å². The van der Waals surface area contributed by atoms with Gasteiger partial charge >= 0.3 is 0 Å². The first-order chi connectivity index (χ1) is 10.6. The van der Waals surface area contributed by atoms with E-state index in [1.54, 1.807) is 18.3 Å². The highest BCUT2D eigenvalue weighted by molar-refractivity contribution is 5.94. The lowest BCUT2D eigenvalue weighted by atomic mass is 10.2. The summed E-state index contributed by atoms with van der Waals surface area (Å²) < 4.78 is 5.61. The van der Waals surface area contributed by atoms with Gasteiger partial charge < -0.3 is 4.74 Å². The maximum Gasteiger partial charge on any atom is 0.271 e. The summed E-state index contributed by atoms with van der Waals surface area (Å²) in [7, 11) is 0. The maximum atomic E-state index is 11.8. The largest absolute Gasteiger partial charge is 0.493 e. The number of rotatable bonds is 6. The monoisotopic (exact) mass is 296 g/mol. The minimum atomic E-state index is -0.228. The number of ether oxygens (including phenoxy) is 1. The van der Waals surface area contributed by atoms with E-state index in [1.165, 1.54) is 0 Å². The van der Waals surface area contributed by atoms with Gasteiger partial charge in [0.1, 0.15) is 5.75 Å². The lowest BCUT2D eigenvalue weighted by Gasteiger charge is -2.08. The topological polar surface area (TPSA) is 50.7 Å². The Morgan fingerprint density at radius 3 is 2.45 bits per heavy atom. The molecule has 1 N–H and O–H groups in total. The van der Waals surface area contributed by atoms with E-state index in [4.69, 9.17) is 4.74 Å². The van der Waals surface area contributed by atoms with Gasteiger partial charge in [-0.2, -0.15) is 5.10 Å². The van der Waals surface area contributed by atoms with Gasteiger partial charge in [-0.25, -0.2) is 5.43 Å². The Hall–Kier alpha value is -2.62. The fourth-order valence-corrected chi connectivity index (χ4v) is 1.73. The number of nitrogens with zero attached hydrogens (tertiary/aromatic N) is 1. The first-order valence-electron chi connectivity index (χ1n) is 7.26. The second-order valence-electron chi connectivity index (χ2n) is 5.34. The van der Waals surface area contributed by atoms with Crippen molar-refractivity contribution in [3.63, 3.8) is 0 Å². The summed E-state index contributed by atoms with van der Waals surface area (Å²) in [5.74, 6) is 1.10. The standard InChI is InChI=1S/C18H20N2O2/c1-14(2)13-22-17-10-8-15(9-11-17)12-19-20-18(21)16-6-4-3-5-7-16/h3-12,14H,13H2,1-2H3,(H,20,21)/b19-12+. The van der Waals surface area contributed by atoms with Gasteiger partial charge in [-0.3, -0.25) is 4.79 Å². The highest BCUT2D eigenvalue weighted by Crippen LogP contribution is 2.12. The second kappa shape index (κ2) is 7.98. The Balaban J connectivity index is 1.86.